The fourth-order valence-electron chi connectivity index (χ4n) is 7.91. The van der Waals surface area contributed by atoms with E-state index in [0.29, 0.717) is 17.6 Å². The summed E-state index contributed by atoms with van der Waals surface area (Å²) in [6.07, 6.45) is 0. The molecule has 0 bridgehead atoms. The van der Waals surface area contributed by atoms with E-state index >= 15 is 0 Å². The molecule has 11 aromatic rings. The van der Waals surface area contributed by atoms with E-state index < -0.39 is 0 Å². The second kappa shape index (κ2) is 10.5. The van der Waals surface area contributed by atoms with Crippen molar-refractivity contribution < 1.29 is 0 Å². The predicted octanol–water partition coefficient (Wildman–Crippen LogP) is 12.1. The van der Waals surface area contributed by atoms with Gasteiger partial charge in [-0.05, 0) is 33.0 Å². The highest BCUT2D eigenvalue weighted by atomic mass is 32.1. The van der Waals surface area contributed by atoms with Crippen molar-refractivity contribution >= 4 is 85.6 Å². The van der Waals surface area contributed by atoms with Gasteiger partial charge in [0.05, 0.1) is 15.7 Å². The first kappa shape index (κ1) is 27.5. The molecule has 0 amide bonds. The Labute approximate surface area is 290 Å². The molecule has 0 aliphatic heterocycles. The Hall–Kier alpha value is -6.43. The molecule has 8 aromatic carbocycles. The molecule has 4 nitrogen and oxygen atoms in total. The van der Waals surface area contributed by atoms with Crippen molar-refractivity contribution in [3.05, 3.63) is 158 Å². The molecule has 11 rings (SSSR count). The summed E-state index contributed by atoms with van der Waals surface area (Å²) in [4.78, 5) is 15.5. The Kier molecular flexibility index (Phi) is 5.80. The molecule has 0 radical (unpaired) electrons. The third-order valence-electron chi connectivity index (χ3n) is 10.0. The van der Waals surface area contributed by atoms with Gasteiger partial charge in [-0.15, -0.1) is 11.3 Å². The molecule has 0 aliphatic carbocycles. The smallest absolute Gasteiger partial charge is 0.238 e. The predicted molar refractivity (Wildman–Crippen MR) is 210 cm³/mol. The molecule has 0 saturated carbocycles. The minimum absolute atomic E-state index is 0.604. The van der Waals surface area contributed by atoms with Crippen molar-refractivity contribution in [2.75, 3.05) is 0 Å². The number of hydrogen-bond donors (Lipinski definition) is 0. The van der Waals surface area contributed by atoms with E-state index in [-0.39, 0.29) is 0 Å². The van der Waals surface area contributed by atoms with Crippen LogP contribution < -0.4 is 0 Å². The summed E-state index contributed by atoms with van der Waals surface area (Å²) in [6, 6.07) is 55.7. The van der Waals surface area contributed by atoms with Crippen LogP contribution in [0.2, 0.25) is 0 Å². The van der Waals surface area contributed by atoms with Crippen LogP contribution in [-0.4, -0.2) is 19.5 Å². The van der Waals surface area contributed by atoms with E-state index in [1.807, 2.05) is 47.7 Å². The normalized spacial score (nSPS) is 12.0. The van der Waals surface area contributed by atoms with Gasteiger partial charge in [-0.2, -0.15) is 9.97 Å². The van der Waals surface area contributed by atoms with Crippen LogP contribution in [0.1, 0.15) is 0 Å². The Morgan fingerprint density at radius 2 is 0.800 bits per heavy atom. The molecule has 5 heteroatoms. The van der Waals surface area contributed by atoms with E-state index in [4.69, 9.17) is 15.0 Å². The maximum Gasteiger partial charge on any atom is 0.238 e. The van der Waals surface area contributed by atoms with Crippen LogP contribution in [0.15, 0.2) is 158 Å². The first-order chi connectivity index (χ1) is 24.8. The minimum atomic E-state index is 0.604. The third-order valence-corrected chi connectivity index (χ3v) is 11.2. The number of benzene rings is 8. The van der Waals surface area contributed by atoms with Gasteiger partial charge in [-0.3, -0.25) is 4.57 Å². The van der Waals surface area contributed by atoms with E-state index in [1.54, 1.807) is 0 Å². The van der Waals surface area contributed by atoms with E-state index in [2.05, 4.69) is 126 Å². The summed E-state index contributed by atoms with van der Waals surface area (Å²) in [7, 11) is 0. The lowest BCUT2D eigenvalue weighted by molar-refractivity contribution is 0.955. The molecule has 3 heterocycles. The number of rotatable bonds is 3. The molecule has 0 N–H and O–H groups in total. The Morgan fingerprint density at radius 3 is 1.42 bits per heavy atom. The lowest BCUT2D eigenvalue weighted by atomic mass is 9.94. The van der Waals surface area contributed by atoms with Gasteiger partial charge in [0.15, 0.2) is 11.6 Å². The molecule has 0 saturated heterocycles. The van der Waals surface area contributed by atoms with Crippen LogP contribution >= 0.6 is 11.3 Å². The molecule has 0 unspecified atom stereocenters. The van der Waals surface area contributed by atoms with Gasteiger partial charge in [0.1, 0.15) is 0 Å². The van der Waals surface area contributed by atoms with Crippen LogP contribution in [0.25, 0.3) is 103 Å². The third kappa shape index (κ3) is 3.84. The lowest BCUT2D eigenvalue weighted by Crippen LogP contribution is -2.06. The average Bonchev–Trinajstić information content (AvgIpc) is 3.77. The van der Waals surface area contributed by atoms with E-state index in [1.165, 1.54) is 63.3 Å². The van der Waals surface area contributed by atoms with Gasteiger partial charge in [-0.25, -0.2) is 4.98 Å². The van der Waals surface area contributed by atoms with Crippen molar-refractivity contribution in [3.8, 4) is 28.7 Å². The number of aromatic nitrogens is 4. The molecule has 50 heavy (non-hydrogen) atoms. The Bertz CT molecular complexity index is 3080. The van der Waals surface area contributed by atoms with Gasteiger partial charge in [-0.1, -0.05) is 152 Å². The number of thiophene rings is 1. The molecule has 0 spiro atoms. The van der Waals surface area contributed by atoms with Crippen molar-refractivity contribution in [2.45, 2.75) is 0 Å². The molecule has 232 valence electrons. The summed E-state index contributed by atoms with van der Waals surface area (Å²) in [5.41, 5.74) is 4.09. The SMILES string of the molecule is c1ccc(-c2nc(-c3ccccc3)nc(-n3c4ccccc4c4c5ccccc5c5c(sc6c7ccccc7c7ccccc7c65)c43)n2)cc1. The fourth-order valence-corrected chi connectivity index (χ4v) is 9.32. The van der Waals surface area contributed by atoms with Gasteiger partial charge < -0.3 is 0 Å². The summed E-state index contributed by atoms with van der Waals surface area (Å²) in [6.45, 7) is 0. The molecule has 0 fully saturated rings. The van der Waals surface area contributed by atoms with Gasteiger partial charge in [0.25, 0.3) is 0 Å². The first-order valence-electron chi connectivity index (χ1n) is 16.8. The Morgan fingerprint density at radius 1 is 0.360 bits per heavy atom. The number of hydrogen-bond acceptors (Lipinski definition) is 4. The van der Waals surface area contributed by atoms with Crippen LogP contribution in [0.5, 0.6) is 0 Å². The zero-order valence-electron chi connectivity index (χ0n) is 26.7. The van der Waals surface area contributed by atoms with Crippen molar-refractivity contribution in [2.24, 2.45) is 0 Å². The van der Waals surface area contributed by atoms with Crippen molar-refractivity contribution in [1.29, 1.82) is 0 Å². The summed E-state index contributed by atoms with van der Waals surface area (Å²) < 4.78 is 4.82. The molecule has 3 aromatic heterocycles. The summed E-state index contributed by atoms with van der Waals surface area (Å²) >= 11 is 1.88. The highest BCUT2D eigenvalue weighted by Crippen LogP contribution is 2.51. The highest BCUT2D eigenvalue weighted by molar-refractivity contribution is 7.28. The van der Waals surface area contributed by atoms with Gasteiger partial charge >= 0.3 is 0 Å². The van der Waals surface area contributed by atoms with Crippen LogP contribution in [0.3, 0.4) is 0 Å². The first-order valence-corrected chi connectivity index (χ1v) is 17.6. The monoisotopic (exact) mass is 654 g/mol. The van der Waals surface area contributed by atoms with Gasteiger partial charge in [0, 0.05) is 42.8 Å². The summed E-state index contributed by atoms with van der Waals surface area (Å²) in [5, 5.41) is 12.6. The molecular weight excluding hydrogens is 629 g/mol. The van der Waals surface area contributed by atoms with Crippen LogP contribution in [0, 0.1) is 0 Å². The van der Waals surface area contributed by atoms with E-state index in [9.17, 15) is 0 Å². The minimum Gasteiger partial charge on any atom is -0.276 e. The highest BCUT2D eigenvalue weighted by Gasteiger charge is 2.25. The maximum absolute atomic E-state index is 5.26. The van der Waals surface area contributed by atoms with Gasteiger partial charge in [0.2, 0.25) is 5.95 Å². The van der Waals surface area contributed by atoms with Crippen molar-refractivity contribution in [3.63, 3.8) is 0 Å². The summed E-state index contributed by atoms with van der Waals surface area (Å²) in [5.74, 6) is 1.89. The second-order valence-corrected chi connectivity index (χ2v) is 13.8. The maximum atomic E-state index is 5.26. The molecule has 0 atom stereocenters. The quantitative estimate of drug-likeness (QED) is 0.178. The lowest BCUT2D eigenvalue weighted by Gasteiger charge is -2.12. The van der Waals surface area contributed by atoms with Crippen molar-refractivity contribution in [1.82, 2.24) is 19.5 Å². The van der Waals surface area contributed by atoms with E-state index in [0.717, 1.165) is 22.2 Å². The molecular formula is C45H26N4S. The topological polar surface area (TPSA) is 43.6 Å². The fraction of sp³-hybridized carbons (Fsp3) is 0. The zero-order chi connectivity index (χ0) is 32.8. The van der Waals surface area contributed by atoms with Crippen LogP contribution in [-0.2, 0) is 0 Å². The number of para-hydroxylation sites is 1. The average molecular weight is 655 g/mol. The van der Waals surface area contributed by atoms with Crippen LogP contribution in [0.4, 0.5) is 0 Å². The number of nitrogens with zero attached hydrogens (tertiary/aromatic N) is 4. The standard InChI is InChI=1S/C45H26N4S/c1-3-15-27(16-4-1)43-46-44(28-17-5-2-6-18-28)48-45(47-43)49-36-26-14-13-25-35(36)37-32-22-10-11-23-33(32)39-38-31-21-9-7-19-29(31)30-20-8-12-24-34(30)41(38)50-42(39)40(37)49/h1-26H. The molecule has 0 aliphatic rings. The number of fused-ring (bicyclic) bond motifs is 15. The Balaban J connectivity index is 1.39. The largest absolute Gasteiger partial charge is 0.276 e. The second-order valence-electron chi connectivity index (χ2n) is 12.7. The zero-order valence-corrected chi connectivity index (χ0v) is 27.5.